The van der Waals surface area contributed by atoms with Gasteiger partial charge in [0.05, 0.1) is 21.1 Å². The van der Waals surface area contributed by atoms with E-state index in [1.165, 1.54) is 0 Å². The van der Waals surface area contributed by atoms with Crippen LogP contribution in [0.15, 0.2) is 60.8 Å². The van der Waals surface area contributed by atoms with Crippen molar-refractivity contribution in [2.45, 2.75) is 58.3 Å². The highest BCUT2D eigenvalue weighted by molar-refractivity contribution is 5.71. The molecule has 0 atom stereocenters. The second-order valence-electron chi connectivity index (χ2n) is 8.20. The molecule has 0 aliphatic heterocycles. The summed E-state index contributed by atoms with van der Waals surface area (Å²) < 4.78 is 10.3. The standard InChI is InChI=1S/C26H42NO4/c1-5-6-7-8-9-10-11-12-13-14-15-16-17-18-19-20-21-22-25(28)30-24-31-26(29)23-27(2,3)4/h6-7,9-10,12-13,15-16,18-19H,5,8,11,14,17,20-24H2,1-4H3/q+1/b7-6-,10-9-,13-12-,16-15-,19-18-. The topological polar surface area (TPSA) is 52.6 Å². The van der Waals surface area contributed by atoms with Gasteiger partial charge in [-0.25, -0.2) is 4.79 Å². The fraction of sp³-hybridized carbons (Fsp3) is 0.538. The molecule has 0 fully saturated rings. The molecule has 0 radical (unpaired) electrons. The first-order valence-electron chi connectivity index (χ1n) is 11.2. The number of esters is 2. The van der Waals surface area contributed by atoms with Crippen LogP contribution in [0.3, 0.4) is 0 Å². The normalized spacial score (nSPS) is 12.8. The van der Waals surface area contributed by atoms with E-state index >= 15 is 0 Å². The predicted octanol–water partition coefficient (Wildman–Crippen LogP) is 5.66. The summed E-state index contributed by atoms with van der Waals surface area (Å²) in [7, 11) is 5.67. The minimum absolute atomic E-state index is 0.238. The Balaban J connectivity index is 3.61. The maximum Gasteiger partial charge on any atom is 0.364 e. The Morgan fingerprint density at radius 3 is 1.61 bits per heavy atom. The Labute approximate surface area is 189 Å². The van der Waals surface area contributed by atoms with E-state index in [4.69, 9.17) is 9.47 Å². The molecule has 0 saturated carbocycles. The summed E-state index contributed by atoms with van der Waals surface area (Å²) in [4.78, 5) is 23.1. The zero-order valence-corrected chi connectivity index (χ0v) is 19.9. The molecule has 0 N–H and O–H groups in total. The monoisotopic (exact) mass is 432 g/mol. The van der Waals surface area contributed by atoms with E-state index in [0.717, 1.165) is 44.9 Å². The van der Waals surface area contributed by atoms with E-state index in [9.17, 15) is 9.59 Å². The number of nitrogens with zero attached hydrogens (tertiary/aromatic N) is 1. The van der Waals surface area contributed by atoms with Crippen LogP contribution >= 0.6 is 0 Å². The minimum Gasteiger partial charge on any atom is -0.428 e. The molecule has 0 amide bonds. The Morgan fingerprint density at radius 1 is 0.677 bits per heavy atom. The number of carbonyl (C=O) groups excluding carboxylic acids is 2. The maximum atomic E-state index is 11.6. The molecule has 0 aliphatic rings. The Bertz CT molecular complexity index is 622. The number of likely N-dealkylation sites (N-methyl/N-ethyl adjacent to an activating group) is 1. The van der Waals surface area contributed by atoms with Crippen LogP contribution in [0, 0.1) is 0 Å². The van der Waals surface area contributed by atoms with E-state index in [-0.39, 0.29) is 25.3 Å². The second kappa shape index (κ2) is 19.6. The van der Waals surface area contributed by atoms with Gasteiger partial charge in [0, 0.05) is 6.42 Å². The number of hydrogen-bond acceptors (Lipinski definition) is 4. The quantitative estimate of drug-likeness (QED) is 0.0978. The zero-order chi connectivity index (χ0) is 23.2. The van der Waals surface area contributed by atoms with Crippen molar-refractivity contribution in [3.05, 3.63) is 60.8 Å². The van der Waals surface area contributed by atoms with Crippen LogP contribution in [0.5, 0.6) is 0 Å². The van der Waals surface area contributed by atoms with Gasteiger partial charge in [-0.3, -0.25) is 4.79 Å². The first-order valence-corrected chi connectivity index (χ1v) is 11.2. The van der Waals surface area contributed by atoms with Crippen LogP contribution in [-0.4, -0.2) is 50.9 Å². The molecule has 0 saturated heterocycles. The highest BCUT2D eigenvalue weighted by Crippen LogP contribution is 2.01. The summed E-state index contributed by atoms with van der Waals surface area (Å²) in [6, 6.07) is 0. The molecule has 0 aromatic carbocycles. The van der Waals surface area contributed by atoms with Gasteiger partial charge < -0.3 is 14.0 Å². The van der Waals surface area contributed by atoms with Crippen LogP contribution < -0.4 is 0 Å². The summed E-state index contributed by atoms with van der Waals surface area (Å²) in [6.45, 7) is 2.07. The van der Waals surface area contributed by atoms with Gasteiger partial charge in [-0.05, 0) is 44.9 Å². The van der Waals surface area contributed by atoms with Crippen LogP contribution in [0.2, 0.25) is 0 Å². The lowest BCUT2D eigenvalue weighted by molar-refractivity contribution is -0.862. The highest BCUT2D eigenvalue weighted by Gasteiger charge is 2.15. The van der Waals surface area contributed by atoms with E-state index in [2.05, 4.69) is 67.7 Å². The SMILES string of the molecule is CC/C=C\C/C=C\C/C=C\C/C=C\C/C=C\CCCC(=O)OCOC(=O)C[N+](C)(C)C. The molecule has 174 valence electrons. The first kappa shape index (κ1) is 28.6. The fourth-order valence-corrected chi connectivity index (χ4v) is 2.40. The van der Waals surface area contributed by atoms with E-state index < -0.39 is 0 Å². The van der Waals surface area contributed by atoms with Crippen LogP contribution in [0.4, 0.5) is 0 Å². The summed E-state index contributed by atoms with van der Waals surface area (Å²) in [5.41, 5.74) is 0. The summed E-state index contributed by atoms with van der Waals surface area (Å²) >= 11 is 0. The Kier molecular flexibility index (Phi) is 18.0. The third-order valence-electron chi connectivity index (χ3n) is 3.95. The average molecular weight is 433 g/mol. The number of hydrogen-bond donors (Lipinski definition) is 0. The number of rotatable bonds is 17. The molecule has 5 nitrogen and oxygen atoms in total. The predicted molar refractivity (Wildman–Crippen MR) is 128 cm³/mol. The van der Waals surface area contributed by atoms with E-state index in [1.54, 1.807) is 0 Å². The van der Waals surface area contributed by atoms with Crippen LogP contribution in [0.25, 0.3) is 0 Å². The van der Waals surface area contributed by atoms with Gasteiger partial charge in [-0.1, -0.05) is 67.7 Å². The number of allylic oxidation sites excluding steroid dienone is 10. The maximum absolute atomic E-state index is 11.6. The lowest BCUT2D eigenvalue weighted by Crippen LogP contribution is -2.40. The second-order valence-corrected chi connectivity index (χ2v) is 8.20. The third-order valence-corrected chi connectivity index (χ3v) is 3.95. The smallest absolute Gasteiger partial charge is 0.364 e. The van der Waals surface area contributed by atoms with Gasteiger partial charge in [0.25, 0.3) is 0 Å². The summed E-state index contributed by atoms with van der Waals surface area (Å²) in [5.74, 6) is -0.718. The molecule has 0 heterocycles. The number of unbranched alkanes of at least 4 members (excludes halogenated alkanes) is 1. The molecule has 5 heteroatoms. The van der Waals surface area contributed by atoms with Crippen molar-refractivity contribution >= 4 is 11.9 Å². The van der Waals surface area contributed by atoms with Crippen molar-refractivity contribution in [2.24, 2.45) is 0 Å². The lowest BCUT2D eigenvalue weighted by Gasteiger charge is -2.22. The van der Waals surface area contributed by atoms with Crippen molar-refractivity contribution in [3.8, 4) is 0 Å². The summed E-state index contributed by atoms with van der Waals surface area (Å²) in [6.07, 6.45) is 28.4. The van der Waals surface area contributed by atoms with Crippen molar-refractivity contribution in [1.29, 1.82) is 0 Å². The van der Waals surface area contributed by atoms with Gasteiger partial charge in [0.15, 0.2) is 6.54 Å². The van der Waals surface area contributed by atoms with Crippen molar-refractivity contribution in [3.63, 3.8) is 0 Å². The highest BCUT2D eigenvalue weighted by atomic mass is 16.7. The molecule has 0 unspecified atom stereocenters. The molecule has 31 heavy (non-hydrogen) atoms. The first-order chi connectivity index (χ1) is 14.8. The average Bonchev–Trinajstić information content (AvgIpc) is 2.69. The van der Waals surface area contributed by atoms with Crippen LogP contribution in [-0.2, 0) is 19.1 Å². The largest absolute Gasteiger partial charge is 0.428 e. The van der Waals surface area contributed by atoms with Crippen molar-refractivity contribution in [1.82, 2.24) is 0 Å². The molecular weight excluding hydrogens is 390 g/mol. The van der Waals surface area contributed by atoms with Gasteiger partial charge in [0.1, 0.15) is 0 Å². The van der Waals surface area contributed by atoms with E-state index in [0.29, 0.717) is 10.9 Å². The molecule has 0 spiro atoms. The lowest BCUT2D eigenvalue weighted by atomic mass is 10.2. The van der Waals surface area contributed by atoms with Gasteiger partial charge in [-0.2, -0.15) is 0 Å². The fourth-order valence-electron chi connectivity index (χ4n) is 2.40. The number of ether oxygens (including phenoxy) is 2. The molecule has 0 aromatic heterocycles. The van der Waals surface area contributed by atoms with Crippen molar-refractivity contribution < 1.29 is 23.5 Å². The van der Waals surface area contributed by atoms with Gasteiger partial charge in [-0.15, -0.1) is 0 Å². The Morgan fingerprint density at radius 2 is 1.13 bits per heavy atom. The van der Waals surface area contributed by atoms with Gasteiger partial charge >= 0.3 is 11.9 Å². The molecular formula is C26H42NO4+. The van der Waals surface area contributed by atoms with Crippen LogP contribution in [0.1, 0.15) is 58.3 Å². The number of quaternary nitrogens is 1. The number of carbonyl (C=O) groups is 2. The third kappa shape index (κ3) is 23.7. The van der Waals surface area contributed by atoms with Gasteiger partial charge in [0.2, 0.25) is 6.79 Å². The minimum atomic E-state index is -0.376. The molecule has 0 aromatic rings. The molecule has 0 rings (SSSR count). The Hall–Kier alpha value is -2.40. The molecule has 0 aliphatic carbocycles. The zero-order valence-electron chi connectivity index (χ0n) is 19.9. The molecule has 0 bridgehead atoms. The van der Waals surface area contributed by atoms with E-state index in [1.807, 2.05) is 21.1 Å². The summed E-state index contributed by atoms with van der Waals surface area (Å²) in [5, 5.41) is 0. The van der Waals surface area contributed by atoms with Crippen molar-refractivity contribution in [2.75, 3.05) is 34.5 Å².